The monoisotopic (exact) mass is 526 g/mol. The first-order chi connectivity index (χ1) is 17.9. The fourth-order valence-corrected chi connectivity index (χ4v) is 5.27. The van der Waals surface area contributed by atoms with Crippen molar-refractivity contribution < 1.29 is 28.3 Å². The topological polar surface area (TPSA) is 83.3 Å². The molecule has 2 aliphatic rings. The average Bonchev–Trinajstić information content (AvgIpc) is 3.31. The summed E-state index contributed by atoms with van der Waals surface area (Å²) >= 11 is 6.52. The lowest BCUT2D eigenvalue weighted by atomic mass is 9.90. The van der Waals surface area contributed by atoms with E-state index >= 15 is 0 Å². The SMILES string of the molecule is COc1cccc(C2OC(CC(=O)N3CCOCC3)c3noc(C(C)C)c3-c3ccc(Cl)cc32)c1OC. The molecular weight excluding hydrogens is 496 g/mol. The maximum Gasteiger partial charge on any atom is 0.225 e. The maximum absolute atomic E-state index is 13.4. The van der Waals surface area contributed by atoms with Gasteiger partial charge in [-0.1, -0.05) is 48.8 Å². The van der Waals surface area contributed by atoms with E-state index in [4.69, 9.17) is 35.1 Å². The van der Waals surface area contributed by atoms with Gasteiger partial charge in [0.05, 0.1) is 39.4 Å². The Kier molecular flexibility index (Phi) is 7.42. The van der Waals surface area contributed by atoms with Crippen molar-refractivity contribution >= 4 is 17.5 Å². The number of nitrogens with zero attached hydrogens (tertiary/aromatic N) is 2. The van der Waals surface area contributed by atoms with Crippen LogP contribution >= 0.6 is 11.6 Å². The van der Waals surface area contributed by atoms with E-state index in [1.165, 1.54) is 0 Å². The normalized spacial score (nSPS) is 19.2. The number of carbonyl (C=O) groups is 1. The summed E-state index contributed by atoms with van der Waals surface area (Å²) in [6.07, 6.45) is -1.15. The van der Waals surface area contributed by atoms with Crippen LogP contribution in [0, 0.1) is 0 Å². The molecule has 2 unspecified atom stereocenters. The predicted molar refractivity (Wildman–Crippen MR) is 138 cm³/mol. The van der Waals surface area contributed by atoms with E-state index in [1.807, 2.05) is 41.3 Å². The molecule has 0 bridgehead atoms. The Bertz CT molecular complexity index is 1280. The summed E-state index contributed by atoms with van der Waals surface area (Å²) in [6.45, 7) is 6.27. The summed E-state index contributed by atoms with van der Waals surface area (Å²) < 4.78 is 29.4. The van der Waals surface area contributed by atoms with Crippen LogP contribution in [-0.2, 0) is 14.3 Å². The number of halogens is 1. The fraction of sp³-hybridized carbons (Fsp3) is 0.429. The Morgan fingerprint density at radius 1 is 1.14 bits per heavy atom. The van der Waals surface area contributed by atoms with Gasteiger partial charge < -0.3 is 28.4 Å². The molecule has 1 fully saturated rings. The molecule has 5 rings (SSSR count). The first-order valence-electron chi connectivity index (χ1n) is 12.4. The molecule has 9 heteroatoms. The van der Waals surface area contributed by atoms with Crippen molar-refractivity contribution in [3.8, 4) is 22.6 Å². The van der Waals surface area contributed by atoms with Crippen LogP contribution in [0.1, 0.15) is 61.0 Å². The van der Waals surface area contributed by atoms with E-state index in [0.29, 0.717) is 48.5 Å². The lowest BCUT2D eigenvalue weighted by Gasteiger charge is -2.29. The summed E-state index contributed by atoms with van der Waals surface area (Å²) in [4.78, 5) is 15.2. The van der Waals surface area contributed by atoms with Gasteiger partial charge in [0.2, 0.25) is 5.91 Å². The van der Waals surface area contributed by atoms with Gasteiger partial charge in [-0.2, -0.15) is 0 Å². The van der Waals surface area contributed by atoms with Crippen LogP contribution in [-0.4, -0.2) is 56.5 Å². The van der Waals surface area contributed by atoms with Crippen LogP contribution in [0.3, 0.4) is 0 Å². The summed E-state index contributed by atoms with van der Waals surface area (Å²) in [6, 6.07) is 11.4. The van der Waals surface area contributed by atoms with Crippen molar-refractivity contribution in [2.24, 2.45) is 0 Å². The lowest BCUT2D eigenvalue weighted by molar-refractivity contribution is -0.139. The molecule has 0 radical (unpaired) electrons. The van der Waals surface area contributed by atoms with Crippen LogP contribution < -0.4 is 9.47 Å². The first-order valence-corrected chi connectivity index (χ1v) is 12.8. The predicted octanol–water partition coefficient (Wildman–Crippen LogP) is 5.55. The molecule has 1 amide bonds. The second-order valence-corrected chi connectivity index (χ2v) is 9.91. The van der Waals surface area contributed by atoms with Crippen LogP contribution in [0.25, 0.3) is 11.1 Å². The Hall–Kier alpha value is -3.07. The van der Waals surface area contributed by atoms with Crippen molar-refractivity contribution in [1.29, 1.82) is 0 Å². The van der Waals surface area contributed by atoms with Gasteiger partial charge >= 0.3 is 0 Å². The molecule has 3 heterocycles. The Balaban J connectivity index is 1.68. The number of hydrogen-bond donors (Lipinski definition) is 0. The van der Waals surface area contributed by atoms with Gasteiger partial charge in [-0.3, -0.25) is 4.79 Å². The molecule has 8 nitrogen and oxygen atoms in total. The van der Waals surface area contributed by atoms with E-state index < -0.39 is 12.2 Å². The molecule has 2 aliphatic heterocycles. The minimum atomic E-state index is -0.659. The van der Waals surface area contributed by atoms with E-state index in [2.05, 4.69) is 19.0 Å². The highest BCUT2D eigenvalue weighted by molar-refractivity contribution is 6.30. The number of rotatable bonds is 6. The van der Waals surface area contributed by atoms with Crippen molar-refractivity contribution in [2.45, 2.75) is 38.4 Å². The number of carbonyl (C=O) groups excluding carboxylic acids is 1. The van der Waals surface area contributed by atoms with E-state index in [-0.39, 0.29) is 18.2 Å². The number of para-hydroxylation sites is 1. The molecule has 0 N–H and O–H groups in total. The van der Waals surface area contributed by atoms with Crippen molar-refractivity contribution in [2.75, 3.05) is 40.5 Å². The Morgan fingerprint density at radius 3 is 2.62 bits per heavy atom. The van der Waals surface area contributed by atoms with Gasteiger partial charge in [0.25, 0.3) is 0 Å². The molecule has 1 aromatic heterocycles. The van der Waals surface area contributed by atoms with Crippen molar-refractivity contribution in [3.05, 3.63) is 64.0 Å². The highest BCUT2D eigenvalue weighted by Gasteiger charge is 2.38. The van der Waals surface area contributed by atoms with Gasteiger partial charge in [-0.05, 0) is 29.3 Å². The number of fused-ring (bicyclic) bond motifs is 3. The van der Waals surface area contributed by atoms with E-state index in [9.17, 15) is 4.79 Å². The number of benzene rings is 2. The highest BCUT2D eigenvalue weighted by atomic mass is 35.5. The zero-order valence-electron chi connectivity index (χ0n) is 21.5. The minimum Gasteiger partial charge on any atom is -0.493 e. The van der Waals surface area contributed by atoms with Gasteiger partial charge in [0.15, 0.2) is 11.5 Å². The molecule has 2 atom stereocenters. The average molecular weight is 527 g/mol. The molecule has 3 aromatic rings. The summed E-state index contributed by atoms with van der Waals surface area (Å²) in [7, 11) is 3.20. The third-order valence-corrected chi connectivity index (χ3v) is 7.11. The zero-order valence-corrected chi connectivity index (χ0v) is 22.2. The molecule has 0 aliphatic carbocycles. The van der Waals surface area contributed by atoms with Crippen LogP contribution in [0.2, 0.25) is 5.02 Å². The standard InChI is InChI=1S/C28H31ClN2O6/c1-16(2)26-24-18-9-8-17(29)14-20(18)27(19-6-5-7-21(33-3)28(19)34-4)36-22(25(24)30-37-26)15-23(32)31-10-12-35-13-11-31/h5-9,14,16,22,27H,10-13,15H2,1-4H3. The summed E-state index contributed by atoms with van der Waals surface area (Å²) in [5.41, 5.74) is 3.97. The van der Waals surface area contributed by atoms with Crippen LogP contribution in [0.5, 0.6) is 11.5 Å². The van der Waals surface area contributed by atoms with Crippen molar-refractivity contribution in [1.82, 2.24) is 10.1 Å². The largest absolute Gasteiger partial charge is 0.493 e. The number of ether oxygens (including phenoxy) is 4. The lowest BCUT2D eigenvalue weighted by Crippen LogP contribution is -2.41. The number of hydrogen-bond acceptors (Lipinski definition) is 7. The number of methoxy groups -OCH3 is 2. The third kappa shape index (κ3) is 4.81. The quantitative estimate of drug-likeness (QED) is 0.416. The Morgan fingerprint density at radius 2 is 1.92 bits per heavy atom. The molecule has 0 saturated carbocycles. The number of morpholine rings is 1. The summed E-state index contributed by atoms with van der Waals surface area (Å²) in [5, 5.41) is 5.03. The molecular formula is C28H31ClN2O6. The molecule has 196 valence electrons. The molecule has 1 saturated heterocycles. The van der Waals surface area contributed by atoms with Crippen LogP contribution in [0.15, 0.2) is 40.9 Å². The van der Waals surface area contributed by atoms with Gasteiger partial charge in [-0.25, -0.2) is 0 Å². The molecule has 2 aromatic carbocycles. The molecule has 37 heavy (non-hydrogen) atoms. The first kappa shape index (κ1) is 25.6. The second-order valence-electron chi connectivity index (χ2n) is 9.48. The minimum absolute atomic E-state index is 0.0197. The van der Waals surface area contributed by atoms with Gasteiger partial charge in [-0.15, -0.1) is 0 Å². The van der Waals surface area contributed by atoms with Crippen LogP contribution in [0.4, 0.5) is 0 Å². The number of amides is 1. The van der Waals surface area contributed by atoms with Gasteiger partial charge in [0, 0.05) is 29.6 Å². The van der Waals surface area contributed by atoms with Gasteiger partial charge in [0.1, 0.15) is 23.7 Å². The zero-order chi connectivity index (χ0) is 26.1. The van der Waals surface area contributed by atoms with Crippen molar-refractivity contribution in [3.63, 3.8) is 0 Å². The Labute approximate surface area is 221 Å². The highest BCUT2D eigenvalue weighted by Crippen LogP contribution is 2.50. The maximum atomic E-state index is 13.4. The number of aromatic nitrogens is 1. The second kappa shape index (κ2) is 10.7. The third-order valence-electron chi connectivity index (χ3n) is 6.88. The summed E-state index contributed by atoms with van der Waals surface area (Å²) in [5.74, 6) is 1.93. The fourth-order valence-electron chi connectivity index (χ4n) is 5.09. The van der Waals surface area contributed by atoms with E-state index in [1.54, 1.807) is 14.2 Å². The molecule has 0 spiro atoms. The smallest absolute Gasteiger partial charge is 0.225 e. The van der Waals surface area contributed by atoms with E-state index in [0.717, 1.165) is 28.0 Å².